The van der Waals surface area contributed by atoms with Crippen molar-refractivity contribution in [3.8, 4) is 0 Å². The van der Waals surface area contributed by atoms with Gasteiger partial charge in [0.15, 0.2) is 0 Å². The van der Waals surface area contributed by atoms with Crippen molar-refractivity contribution in [1.82, 2.24) is 0 Å². The maximum Gasteiger partial charge on any atom is 0.0399 e. The molecule has 2 N–H and O–H groups in total. The zero-order valence-electron chi connectivity index (χ0n) is 12.5. The minimum atomic E-state index is 0.285. The van der Waals surface area contributed by atoms with Gasteiger partial charge in [0, 0.05) is 24.8 Å². The lowest BCUT2D eigenvalue weighted by atomic mass is 10.00. The number of nitrogens with zero attached hydrogens (tertiary/aromatic N) is 1. The van der Waals surface area contributed by atoms with Crippen LogP contribution in [0.25, 0.3) is 0 Å². The zero-order chi connectivity index (χ0) is 13.7. The van der Waals surface area contributed by atoms with Crippen molar-refractivity contribution in [3.63, 3.8) is 0 Å². The van der Waals surface area contributed by atoms with Crippen molar-refractivity contribution in [2.24, 2.45) is 5.73 Å². The number of aryl methyl sites for hydroxylation is 1. The molecule has 2 rings (SSSR count). The molecule has 1 saturated heterocycles. The smallest absolute Gasteiger partial charge is 0.0399 e. The van der Waals surface area contributed by atoms with E-state index in [0.717, 1.165) is 12.8 Å². The zero-order valence-corrected chi connectivity index (χ0v) is 12.5. The Bertz CT molecular complexity index is 392. The van der Waals surface area contributed by atoms with Crippen molar-refractivity contribution in [2.75, 3.05) is 18.0 Å². The Labute approximate surface area is 118 Å². The number of nitrogens with two attached hydrogens (primary N) is 1. The van der Waals surface area contributed by atoms with E-state index in [4.69, 9.17) is 5.73 Å². The Balaban J connectivity index is 2.21. The van der Waals surface area contributed by atoms with E-state index in [2.05, 4.69) is 36.9 Å². The molecule has 0 aliphatic carbocycles. The second-order valence-corrected chi connectivity index (χ2v) is 5.91. The first-order valence-electron chi connectivity index (χ1n) is 7.80. The number of benzene rings is 1. The molecule has 1 atom stereocenters. The van der Waals surface area contributed by atoms with Crippen molar-refractivity contribution >= 4 is 5.69 Å². The Kier molecular flexibility index (Phi) is 5.26. The van der Waals surface area contributed by atoms with Gasteiger partial charge < -0.3 is 10.6 Å². The molecule has 1 aliphatic heterocycles. The van der Waals surface area contributed by atoms with Crippen LogP contribution in [0.4, 0.5) is 5.69 Å². The molecule has 1 unspecified atom stereocenters. The summed E-state index contributed by atoms with van der Waals surface area (Å²) < 4.78 is 0. The third kappa shape index (κ3) is 3.97. The summed E-state index contributed by atoms with van der Waals surface area (Å²) >= 11 is 0. The number of hydrogen-bond acceptors (Lipinski definition) is 2. The van der Waals surface area contributed by atoms with E-state index in [1.54, 1.807) is 0 Å². The van der Waals surface area contributed by atoms with E-state index in [0.29, 0.717) is 0 Å². The van der Waals surface area contributed by atoms with Crippen LogP contribution in [0.3, 0.4) is 0 Å². The molecule has 19 heavy (non-hydrogen) atoms. The van der Waals surface area contributed by atoms with Crippen molar-refractivity contribution < 1.29 is 0 Å². The summed E-state index contributed by atoms with van der Waals surface area (Å²) in [6.07, 6.45) is 7.47. The molecular weight excluding hydrogens is 232 g/mol. The maximum absolute atomic E-state index is 6.17. The molecule has 0 amide bonds. The summed E-state index contributed by atoms with van der Waals surface area (Å²) in [6.45, 7) is 6.76. The minimum absolute atomic E-state index is 0.285. The standard InChI is InChI=1S/C17H28N2/c1-3-16(18)13-15-12-14(2)8-9-17(15)19-10-6-4-5-7-11-19/h8-9,12,16H,3-7,10-11,13,18H2,1-2H3. The first-order chi connectivity index (χ1) is 9.20. The maximum atomic E-state index is 6.17. The van der Waals surface area contributed by atoms with Crippen LogP contribution < -0.4 is 10.6 Å². The fraction of sp³-hybridized carbons (Fsp3) is 0.647. The van der Waals surface area contributed by atoms with Gasteiger partial charge in [-0.25, -0.2) is 0 Å². The quantitative estimate of drug-likeness (QED) is 0.895. The molecule has 0 aromatic heterocycles. The first-order valence-corrected chi connectivity index (χ1v) is 7.80. The predicted octanol–water partition coefficient (Wildman–Crippen LogP) is 3.66. The molecular formula is C17H28N2. The van der Waals surface area contributed by atoms with Crippen LogP contribution in [0, 0.1) is 6.92 Å². The number of hydrogen-bond donors (Lipinski definition) is 1. The van der Waals surface area contributed by atoms with Gasteiger partial charge >= 0.3 is 0 Å². The van der Waals surface area contributed by atoms with Gasteiger partial charge in [-0.2, -0.15) is 0 Å². The highest BCUT2D eigenvalue weighted by Gasteiger charge is 2.15. The van der Waals surface area contributed by atoms with E-state index in [9.17, 15) is 0 Å². The van der Waals surface area contributed by atoms with E-state index in [-0.39, 0.29) is 6.04 Å². The topological polar surface area (TPSA) is 29.3 Å². The van der Waals surface area contributed by atoms with Gasteiger partial charge in [-0.1, -0.05) is 37.5 Å². The van der Waals surface area contributed by atoms with Crippen LogP contribution in [0.15, 0.2) is 18.2 Å². The van der Waals surface area contributed by atoms with E-state index >= 15 is 0 Å². The highest BCUT2D eigenvalue weighted by atomic mass is 15.1. The summed E-state index contributed by atoms with van der Waals surface area (Å²) in [5.74, 6) is 0. The molecule has 1 fully saturated rings. The molecule has 1 heterocycles. The van der Waals surface area contributed by atoms with Crippen molar-refractivity contribution in [3.05, 3.63) is 29.3 Å². The summed E-state index contributed by atoms with van der Waals surface area (Å²) in [4.78, 5) is 2.57. The largest absolute Gasteiger partial charge is 0.371 e. The summed E-state index contributed by atoms with van der Waals surface area (Å²) in [7, 11) is 0. The fourth-order valence-electron chi connectivity index (χ4n) is 2.92. The van der Waals surface area contributed by atoms with Gasteiger partial charge in [0.05, 0.1) is 0 Å². The van der Waals surface area contributed by atoms with Gasteiger partial charge in [-0.05, 0) is 44.2 Å². The molecule has 1 aromatic carbocycles. The molecule has 2 nitrogen and oxygen atoms in total. The Morgan fingerprint density at radius 3 is 2.47 bits per heavy atom. The average molecular weight is 260 g/mol. The molecule has 1 aliphatic rings. The molecule has 106 valence electrons. The SMILES string of the molecule is CCC(N)Cc1cc(C)ccc1N1CCCCCC1. The predicted molar refractivity (Wildman–Crippen MR) is 83.8 cm³/mol. The molecule has 0 radical (unpaired) electrons. The van der Waals surface area contributed by atoms with E-state index in [1.807, 2.05) is 0 Å². The Hall–Kier alpha value is -1.02. The monoisotopic (exact) mass is 260 g/mol. The highest BCUT2D eigenvalue weighted by molar-refractivity contribution is 5.55. The lowest BCUT2D eigenvalue weighted by Gasteiger charge is -2.26. The van der Waals surface area contributed by atoms with Crippen molar-refractivity contribution in [2.45, 2.75) is 58.4 Å². The third-order valence-electron chi connectivity index (χ3n) is 4.19. The summed E-state index contributed by atoms with van der Waals surface area (Å²) in [5, 5.41) is 0. The minimum Gasteiger partial charge on any atom is -0.371 e. The van der Waals surface area contributed by atoms with Crippen LogP contribution >= 0.6 is 0 Å². The molecule has 1 aromatic rings. The Morgan fingerprint density at radius 2 is 1.84 bits per heavy atom. The summed E-state index contributed by atoms with van der Waals surface area (Å²) in [5.41, 5.74) is 10.4. The average Bonchev–Trinajstić information content (AvgIpc) is 2.67. The van der Waals surface area contributed by atoms with E-state index < -0.39 is 0 Å². The third-order valence-corrected chi connectivity index (χ3v) is 4.19. The number of anilines is 1. The van der Waals surface area contributed by atoms with Gasteiger partial charge in [0.2, 0.25) is 0 Å². The first kappa shape index (κ1) is 14.4. The van der Waals surface area contributed by atoms with Crippen LogP contribution in [-0.2, 0) is 6.42 Å². The molecule has 0 bridgehead atoms. The fourth-order valence-corrected chi connectivity index (χ4v) is 2.92. The summed E-state index contributed by atoms with van der Waals surface area (Å²) in [6, 6.07) is 7.16. The van der Waals surface area contributed by atoms with Gasteiger partial charge in [-0.15, -0.1) is 0 Å². The molecule has 0 saturated carbocycles. The lowest BCUT2D eigenvalue weighted by molar-refractivity contribution is 0.643. The van der Waals surface area contributed by atoms with E-state index in [1.165, 1.54) is 55.6 Å². The van der Waals surface area contributed by atoms with Gasteiger partial charge in [0.1, 0.15) is 0 Å². The Morgan fingerprint density at radius 1 is 1.16 bits per heavy atom. The molecule has 0 spiro atoms. The second kappa shape index (κ2) is 6.95. The normalized spacial score (nSPS) is 18.2. The van der Waals surface area contributed by atoms with Crippen LogP contribution in [0.2, 0.25) is 0 Å². The number of rotatable bonds is 4. The lowest BCUT2D eigenvalue weighted by Crippen LogP contribution is -2.27. The van der Waals surface area contributed by atoms with Gasteiger partial charge in [0.25, 0.3) is 0 Å². The highest BCUT2D eigenvalue weighted by Crippen LogP contribution is 2.26. The second-order valence-electron chi connectivity index (χ2n) is 5.91. The van der Waals surface area contributed by atoms with Gasteiger partial charge in [-0.3, -0.25) is 0 Å². The van der Waals surface area contributed by atoms with Crippen LogP contribution in [0.5, 0.6) is 0 Å². The van der Waals surface area contributed by atoms with Crippen LogP contribution in [-0.4, -0.2) is 19.1 Å². The van der Waals surface area contributed by atoms with Crippen molar-refractivity contribution in [1.29, 1.82) is 0 Å². The van der Waals surface area contributed by atoms with Crippen LogP contribution in [0.1, 0.15) is 50.2 Å². The molecule has 2 heteroatoms.